The first kappa shape index (κ1) is 13.7. The summed E-state index contributed by atoms with van der Waals surface area (Å²) in [6.07, 6.45) is 1.41. The largest absolute Gasteiger partial charge is 0.435 e. The molecule has 2 rings (SSSR count). The zero-order valence-corrected chi connectivity index (χ0v) is 10.1. The first-order chi connectivity index (χ1) is 9.56. The number of aromatic nitrogens is 1. The molecule has 0 saturated heterocycles. The van der Waals surface area contributed by atoms with Gasteiger partial charge < -0.3 is 15.0 Å². The number of aromatic amines is 1. The summed E-state index contributed by atoms with van der Waals surface area (Å²) in [4.78, 5) is 25.6. The highest BCUT2D eigenvalue weighted by Crippen LogP contribution is 2.17. The molecular weight excluding hydrogens is 270 g/mol. The molecule has 5 nitrogen and oxygen atoms in total. The summed E-state index contributed by atoms with van der Waals surface area (Å²) in [7, 11) is 0. The number of pyridine rings is 1. The fourth-order valence-corrected chi connectivity index (χ4v) is 1.52. The summed E-state index contributed by atoms with van der Waals surface area (Å²) in [5, 5.41) is 2.48. The van der Waals surface area contributed by atoms with Crippen molar-refractivity contribution in [1.82, 2.24) is 4.98 Å². The Hall–Kier alpha value is -2.70. The molecule has 0 radical (unpaired) electrons. The molecule has 0 unspecified atom stereocenters. The van der Waals surface area contributed by atoms with Crippen molar-refractivity contribution in [1.29, 1.82) is 0 Å². The third-order valence-corrected chi connectivity index (χ3v) is 2.40. The third kappa shape index (κ3) is 3.41. The Morgan fingerprint density at radius 3 is 2.50 bits per heavy atom. The number of carbonyl (C=O) groups is 1. The normalized spacial score (nSPS) is 10.3. The van der Waals surface area contributed by atoms with Crippen LogP contribution in [0.15, 0.2) is 47.4 Å². The summed E-state index contributed by atoms with van der Waals surface area (Å²) in [6.45, 7) is -2.90. The number of halogens is 2. The van der Waals surface area contributed by atoms with Crippen LogP contribution in [0.5, 0.6) is 5.75 Å². The number of nitrogens with one attached hydrogen (secondary N) is 2. The molecule has 0 aliphatic carbocycles. The predicted molar refractivity (Wildman–Crippen MR) is 68.1 cm³/mol. The van der Waals surface area contributed by atoms with Crippen LogP contribution < -0.4 is 15.6 Å². The molecule has 1 aromatic heterocycles. The van der Waals surface area contributed by atoms with Crippen molar-refractivity contribution >= 4 is 11.6 Å². The van der Waals surface area contributed by atoms with E-state index in [2.05, 4.69) is 15.0 Å². The molecule has 0 aliphatic rings. The number of rotatable bonds is 4. The SMILES string of the molecule is O=C(Nc1ccc(OC(F)F)cc1)c1ccc[nH]c1=O. The lowest BCUT2D eigenvalue weighted by Crippen LogP contribution is -2.22. The Morgan fingerprint density at radius 2 is 1.90 bits per heavy atom. The second-order valence-corrected chi connectivity index (χ2v) is 3.77. The second-order valence-electron chi connectivity index (χ2n) is 3.77. The van der Waals surface area contributed by atoms with E-state index in [9.17, 15) is 18.4 Å². The number of alkyl halides is 2. The number of benzene rings is 1. The number of anilines is 1. The molecule has 2 N–H and O–H groups in total. The van der Waals surface area contributed by atoms with E-state index in [1.165, 1.54) is 42.6 Å². The number of hydrogen-bond acceptors (Lipinski definition) is 3. The van der Waals surface area contributed by atoms with E-state index in [1.807, 2.05) is 0 Å². The summed E-state index contributed by atoms with van der Waals surface area (Å²) < 4.78 is 28.1. The number of carbonyl (C=O) groups excluding carboxylic acids is 1. The molecule has 0 saturated carbocycles. The molecule has 1 amide bonds. The topological polar surface area (TPSA) is 71.2 Å². The molecule has 0 bridgehead atoms. The van der Waals surface area contributed by atoms with Crippen molar-refractivity contribution in [3.63, 3.8) is 0 Å². The Morgan fingerprint density at radius 1 is 1.20 bits per heavy atom. The van der Waals surface area contributed by atoms with Gasteiger partial charge in [0.25, 0.3) is 11.5 Å². The molecule has 7 heteroatoms. The van der Waals surface area contributed by atoms with Crippen LogP contribution in [0.25, 0.3) is 0 Å². The van der Waals surface area contributed by atoms with Crippen molar-refractivity contribution < 1.29 is 18.3 Å². The highest BCUT2D eigenvalue weighted by atomic mass is 19.3. The quantitative estimate of drug-likeness (QED) is 0.902. The van der Waals surface area contributed by atoms with E-state index in [0.717, 1.165) is 0 Å². The monoisotopic (exact) mass is 280 g/mol. The Labute approximate surface area is 112 Å². The van der Waals surface area contributed by atoms with Gasteiger partial charge in [0, 0.05) is 11.9 Å². The fraction of sp³-hybridized carbons (Fsp3) is 0.0769. The van der Waals surface area contributed by atoms with Crippen LogP contribution in [0.2, 0.25) is 0 Å². The molecule has 1 heterocycles. The van der Waals surface area contributed by atoms with Crippen LogP contribution in [0.1, 0.15) is 10.4 Å². The number of H-pyrrole nitrogens is 1. The maximum Gasteiger partial charge on any atom is 0.387 e. The average molecular weight is 280 g/mol. The van der Waals surface area contributed by atoms with E-state index in [0.29, 0.717) is 5.69 Å². The minimum atomic E-state index is -2.90. The van der Waals surface area contributed by atoms with Crippen molar-refractivity contribution in [2.75, 3.05) is 5.32 Å². The van der Waals surface area contributed by atoms with Gasteiger partial charge in [0.2, 0.25) is 0 Å². The van der Waals surface area contributed by atoms with Gasteiger partial charge >= 0.3 is 6.61 Å². The van der Waals surface area contributed by atoms with Crippen molar-refractivity contribution in [3.8, 4) is 5.75 Å². The van der Waals surface area contributed by atoms with E-state index in [1.54, 1.807) is 0 Å². The van der Waals surface area contributed by atoms with Gasteiger partial charge in [-0.15, -0.1) is 0 Å². The molecule has 104 valence electrons. The van der Waals surface area contributed by atoms with Gasteiger partial charge in [0.15, 0.2) is 0 Å². The number of ether oxygens (including phenoxy) is 1. The standard InChI is InChI=1S/C13H10F2N2O3/c14-13(15)20-9-5-3-8(4-6-9)17-12(19)10-2-1-7-16-11(10)18/h1-7,13H,(H,16,18)(H,17,19). The summed E-state index contributed by atoms with van der Waals surface area (Å²) in [5.74, 6) is -0.607. The highest BCUT2D eigenvalue weighted by molar-refractivity contribution is 6.03. The van der Waals surface area contributed by atoms with Crippen LogP contribution in [0, 0.1) is 0 Å². The lowest BCUT2D eigenvalue weighted by Gasteiger charge is -2.07. The van der Waals surface area contributed by atoms with Crippen LogP contribution in [0.3, 0.4) is 0 Å². The smallest absolute Gasteiger partial charge is 0.387 e. The maximum absolute atomic E-state index is 12.0. The van der Waals surface area contributed by atoms with E-state index in [-0.39, 0.29) is 11.3 Å². The molecule has 2 aromatic rings. The zero-order valence-electron chi connectivity index (χ0n) is 10.1. The van der Waals surface area contributed by atoms with E-state index in [4.69, 9.17) is 0 Å². The maximum atomic E-state index is 12.0. The van der Waals surface area contributed by atoms with Crippen molar-refractivity contribution in [2.45, 2.75) is 6.61 Å². The van der Waals surface area contributed by atoms with Gasteiger partial charge in [-0.2, -0.15) is 8.78 Å². The highest BCUT2D eigenvalue weighted by Gasteiger charge is 2.10. The van der Waals surface area contributed by atoms with Crippen LogP contribution in [-0.4, -0.2) is 17.5 Å². The molecule has 0 aliphatic heterocycles. The van der Waals surface area contributed by atoms with Crippen molar-refractivity contribution in [2.24, 2.45) is 0 Å². The molecular formula is C13H10F2N2O3. The van der Waals surface area contributed by atoms with Crippen LogP contribution in [0.4, 0.5) is 14.5 Å². The molecule has 0 fully saturated rings. The number of hydrogen-bond donors (Lipinski definition) is 2. The van der Waals surface area contributed by atoms with Gasteiger partial charge in [0.1, 0.15) is 11.3 Å². The lowest BCUT2D eigenvalue weighted by molar-refractivity contribution is -0.0498. The van der Waals surface area contributed by atoms with Crippen LogP contribution >= 0.6 is 0 Å². The summed E-state index contributed by atoms with van der Waals surface area (Å²) in [5.41, 5.74) is -0.192. The lowest BCUT2D eigenvalue weighted by atomic mass is 10.2. The average Bonchev–Trinajstić information content (AvgIpc) is 2.41. The Balaban J connectivity index is 2.09. The van der Waals surface area contributed by atoms with Gasteiger partial charge in [-0.25, -0.2) is 0 Å². The summed E-state index contributed by atoms with van der Waals surface area (Å²) >= 11 is 0. The predicted octanol–water partition coefficient (Wildman–Crippen LogP) is 2.23. The first-order valence-corrected chi connectivity index (χ1v) is 5.60. The Kier molecular flexibility index (Phi) is 4.09. The fourth-order valence-electron chi connectivity index (χ4n) is 1.52. The summed E-state index contributed by atoms with van der Waals surface area (Å²) in [6, 6.07) is 8.27. The van der Waals surface area contributed by atoms with Crippen molar-refractivity contribution in [3.05, 3.63) is 58.5 Å². The van der Waals surface area contributed by atoms with E-state index >= 15 is 0 Å². The number of amides is 1. The molecule has 20 heavy (non-hydrogen) atoms. The van der Waals surface area contributed by atoms with Gasteiger partial charge in [-0.1, -0.05) is 0 Å². The molecule has 1 aromatic carbocycles. The zero-order chi connectivity index (χ0) is 14.5. The minimum Gasteiger partial charge on any atom is -0.435 e. The minimum absolute atomic E-state index is 0.0180. The Bertz CT molecular complexity index is 653. The second kappa shape index (κ2) is 5.96. The van der Waals surface area contributed by atoms with Crippen LogP contribution in [-0.2, 0) is 0 Å². The van der Waals surface area contributed by atoms with Gasteiger partial charge in [-0.05, 0) is 36.4 Å². The van der Waals surface area contributed by atoms with Gasteiger partial charge in [0.05, 0.1) is 0 Å². The third-order valence-electron chi connectivity index (χ3n) is 2.40. The van der Waals surface area contributed by atoms with Gasteiger partial charge in [-0.3, -0.25) is 9.59 Å². The van der Waals surface area contributed by atoms with E-state index < -0.39 is 18.1 Å². The molecule has 0 atom stereocenters. The first-order valence-electron chi connectivity index (χ1n) is 5.60. The molecule has 0 spiro atoms.